The SMILES string of the molecule is CC(C)c1cc(F)cc([C@@H](CN)NC(=O)c2cc(-c3nc(Nc4ccc5occc5c4)ncc3Cl)c[nH]2)c1. The number of nitrogens with one attached hydrogen (secondary N) is 3. The minimum Gasteiger partial charge on any atom is -0.464 e. The van der Waals surface area contributed by atoms with Crippen molar-refractivity contribution in [2.45, 2.75) is 25.8 Å². The van der Waals surface area contributed by atoms with Crippen LogP contribution in [0.15, 0.2) is 71.6 Å². The molecule has 38 heavy (non-hydrogen) atoms. The second-order valence-corrected chi connectivity index (χ2v) is 9.63. The van der Waals surface area contributed by atoms with Gasteiger partial charge < -0.3 is 25.8 Å². The molecule has 194 valence electrons. The Morgan fingerprint density at radius 3 is 2.76 bits per heavy atom. The molecule has 0 spiro atoms. The number of halogens is 2. The highest BCUT2D eigenvalue weighted by Crippen LogP contribution is 2.29. The number of nitrogens with zero attached hydrogens (tertiary/aromatic N) is 2. The number of benzene rings is 2. The third kappa shape index (κ3) is 5.39. The zero-order chi connectivity index (χ0) is 26.8. The van der Waals surface area contributed by atoms with Crippen LogP contribution in [0.1, 0.15) is 47.4 Å². The van der Waals surface area contributed by atoms with Gasteiger partial charge in [-0.15, -0.1) is 0 Å². The lowest BCUT2D eigenvalue weighted by Gasteiger charge is -2.19. The Morgan fingerprint density at radius 1 is 1.16 bits per heavy atom. The Hall–Kier alpha value is -4.21. The summed E-state index contributed by atoms with van der Waals surface area (Å²) in [4.78, 5) is 24.8. The van der Waals surface area contributed by atoms with Crippen LogP contribution in [0.4, 0.5) is 16.0 Å². The predicted octanol–water partition coefficient (Wildman–Crippen LogP) is 6.31. The molecule has 1 atom stereocenters. The molecule has 10 heteroatoms. The van der Waals surface area contributed by atoms with Crippen LogP contribution in [-0.2, 0) is 0 Å². The molecule has 2 aromatic carbocycles. The lowest BCUT2D eigenvalue weighted by atomic mass is 9.97. The van der Waals surface area contributed by atoms with Crippen LogP contribution >= 0.6 is 11.6 Å². The number of nitrogens with two attached hydrogens (primary N) is 1. The number of H-pyrrole nitrogens is 1. The largest absolute Gasteiger partial charge is 0.464 e. The summed E-state index contributed by atoms with van der Waals surface area (Å²) in [6.07, 6.45) is 4.76. The van der Waals surface area contributed by atoms with Crippen molar-refractivity contribution in [2.75, 3.05) is 11.9 Å². The lowest BCUT2D eigenvalue weighted by molar-refractivity contribution is 0.0933. The van der Waals surface area contributed by atoms with E-state index in [1.807, 2.05) is 44.2 Å². The molecule has 0 saturated carbocycles. The molecule has 1 amide bonds. The second-order valence-electron chi connectivity index (χ2n) is 9.22. The van der Waals surface area contributed by atoms with Crippen LogP contribution in [-0.4, -0.2) is 27.4 Å². The van der Waals surface area contributed by atoms with Gasteiger partial charge in [-0.1, -0.05) is 31.5 Å². The maximum absolute atomic E-state index is 14.2. The van der Waals surface area contributed by atoms with Gasteiger partial charge in [-0.3, -0.25) is 4.79 Å². The summed E-state index contributed by atoms with van der Waals surface area (Å²) in [7, 11) is 0. The Bertz CT molecular complexity index is 1610. The van der Waals surface area contributed by atoms with Gasteiger partial charge in [-0.05, 0) is 59.5 Å². The Morgan fingerprint density at radius 2 is 1.97 bits per heavy atom. The standard InChI is InChI=1S/C28H26ClFN6O2/c1-15(2)17-7-18(9-20(30)8-17)24(12-31)35-27(37)23-11-19(13-32-23)26-22(29)14-33-28(36-26)34-21-3-4-25-16(10-21)5-6-38-25/h3-11,13-15,24,32H,12,31H2,1-2H3,(H,35,37)(H,33,34,36)/t24-/m1/s1. The first kappa shape index (κ1) is 25.4. The number of anilines is 2. The van der Waals surface area contributed by atoms with Crippen LogP contribution in [0.5, 0.6) is 0 Å². The number of amides is 1. The maximum atomic E-state index is 14.2. The number of carbonyl (C=O) groups is 1. The molecule has 0 bridgehead atoms. The summed E-state index contributed by atoms with van der Waals surface area (Å²) in [6, 6.07) is 13.3. The lowest BCUT2D eigenvalue weighted by Crippen LogP contribution is -2.33. The molecule has 3 aromatic heterocycles. The zero-order valence-corrected chi connectivity index (χ0v) is 21.5. The van der Waals surface area contributed by atoms with Gasteiger partial charge in [0.15, 0.2) is 0 Å². The summed E-state index contributed by atoms with van der Waals surface area (Å²) < 4.78 is 19.6. The van der Waals surface area contributed by atoms with E-state index in [0.29, 0.717) is 27.8 Å². The van der Waals surface area contributed by atoms with Crippen molar-refractivity contribution in [3.63, 3.8) is 0 Å². The van der Waals surface area contributed by atoms with Crippen molar-refractivity contribution in [2.24, 2.45) is 5.73 Å². The van der Waals surface area contributed by atoms with E-state index < -0.39 is 6.04 Å². The van der Waals surface area contributed by atoms with Gasteiger partial charge in [0, 0.05) is 29.4 Å². The number of rotatable bonds is 8. The van der Waals surface area contributed by atoms with Crippen molar-refractivity contribution in [3.05, 3.63) is 94.8 Å². The Labute approximate surface area is 223 Å². The minimum absolute atomic E-state index is 0.109. The Balaban J connectivity index is 1.34. The molecular formula is C28H26ClFN6O2. The van der Waals surface area contributed by atoms with Crippen LogP contribution in [0.3, 0.4) is 0 Å². The van der Waals surface area contributed by atoms with Crippen molar-refractivity contribution < 1.29 is 13.6 Å². The number of hydrogen-bond acceptors (Lipinski definition) is 6. The molecule has 3 heterocycles. The van der Waals surface area contributed by atoms with Gasteiger partial charge in [0.2, 0.25) is 5.95 Å². The van der Waals surface area contributed by atoms with E-state index in [4.69, 9.17) is 21.8 Å². The molecule has 0 unspecified atom stereocenters. The molecule has 0 fully saturated rings. The minimum atomic E-state index is -0.562. The van der Waals surface area contributed by atoms with Crippen molar-refractivity contribution in [3.8, 4) is 11.3 Å². The summed E-state index contributed by atoms with van der Waals surface area (Å²) >= 11 is 6.40. The average molecular weight is 533 g/mol. The third-order valence-electron chi connectivity index (χ3n) is 6.21. The summed E-state index contributed by atoms with van der Waals surface area (Å²) in [5.74, 6) is -0.280. The van der Waals surface area contributed by atoms with E-state index in [-0.39, 0.29) is 29.9 Å². The summed E-state index contributed by atoms with van der Waals surface area (Å²) in [5.41, 5.74) is 10.3. The molecule has 0 aliphatic heterocycles. The first-order valence-corrected chi connectivity index (χ1v) is 12.5. The van der Waals surface area contributed by atoms with Crippen molar-refractivity contribution in [1.82, 2.24) is 20.3 Å². The van der Waals surface area contributed by atoms with Gasteiger partial charge in [0.05, 0.1) is 29.2 Å². The van der Waals surface area contributed by atoms with E-state index in [2.05, 4.69) is 25.6 Å². The average Bonchev–Trinajstić information content (AvgIpc) is 3.57. The van der Waals surface area contributed by atoms with Gasteiger partial charge in [-0.25, -0.2) is 14.4 Å². The van der Waals surface area contributed by atoms with Crippen LogP contribution in [0.2, 0.25) is 5.02 Å². The highest BCUT2D eigenvalue weighted by molar-refractivity contribution is 6.33. The monoisotopic (exact) mass is 532 g/mol. The number of hydrogen-bond donors (Lipinski definition) is 4. The van der Waals surface area contributed by atoms with Crippen LogP contribution in [0.25, 0.3) is 22.2 Å². The molecular weight excluding hydrogens is 507 g/mol. The zero-order valence-electron chi connectivity index (χ0n) is 20.8. The molecule has 0 radical (unpaired) electrons. The highest BCUT2D eigenvalue weighted by atomic mass is 35.5. The van der Waals surface area contributed by atoms with E-state index >= 15 is 0 Å². The van der Waals surface area contributed by atoms with Gasteiger partial charge in [0.1, 0.15) is 17.1 Å². The quantitative estimate of drug-likeness (QED) is 0.186. The van der Waals surface area contributed by atoms with Crippen LogP contribution in [0, 0.1) is 5.82 Å². The fraction of sp³-hybridized carbons (Fsp3) is 0.179. The fourth-order valence-electron chi connectivity index (χ4n) is 4.15. The van der Waals surface area contributed by atoms with E-state index in [0.717, 1.165) is 22.2 Å². The molecule has 0 aliphatic carbocycles. The molecule has 8 nitrogen and oxygen atoms in total. The Kier molecular flexibility index (Phi) is 7.13. The first-order chi connectivity index (χ1) is 18.3. The van der Waals surface area contributed by atoms with Gasteiger partial charge in [0.25, 0.3) is 5.91 Å². The fourth-order valence-corrected chi connectivity index (χ4v) is 4.35. The number of fused-ring (bicyclic) bond motifs is 1. The smallest absolute Gasteiger partial charge is 0.268 e. The van der Waals surface area contributed by atoms with Gasteiger partial charge in [-0.2, -0.15) is 0 Å². The summed E-state index contributed by atoms with van der Waals surface area (Å²) in [5, 5.41) is 7.32. The molecule has 0 aliphatic rings. The van der Waals surface area contributed by atoms with E-state index in [1.54, 1.807) is 18.5 Å². The number of furan rings is 1. The second kappa shape index (κ2) is 10.6. The number of aromatic nitrogens is 3. The summed E-state index contributed by atoms with van der Waals surface area (Å²) in [6.45, 7) is 4.07. The first-order valence-electron chi connectivity index (χ1n) is 12.1. The molecule has 5 rings (SSSR count). The number of aromatic amines is 1. The topological polar surface area (TPSA) is 122 Å². The van der Waals surface area contributed by atoms with Crippen molar-refractivity contribution in [1.29, 1.82) is 0 Å². The maximum Gasteiger partial charge on any atom is 0.268 e. The molecule has 5 N–H and O–H groups in total. The number of carbonyl (C=O) groups excluding carboxylic acids is 1. The van der Waals surface area contributed by atoms with E-state index in [1.165, 1.54) is 18.3 Å². The van der Waals surface area contributed by atoms with Gasteiger partial charge >= 0.3 is 0 Å². The normalized spacial score (nSPS) is 12.2. The molecule has 0 saturated heterocycles. The third-order valence-corrected chi connectivity index (χ3v) is 6.48. The van der Waals surface area contributed by atoms with Crippen LogP contribution < -0.4 is 16.4 Å². The van der Waals surface area contributed by atoms with Crippen molar-refractivity contribution >= 4 is 40.1 Å². The predicted molar refractivity (Wildman–Crippen MR) is 146 cm³/mol. The van der Waals surface area contributed by atoms with E-state index in [9.17, 15) is 9.18 Å². The molecule has 5 aromatic rings. The highest BCUT2D eigenvalue weighted by Gasteiger charge is 2.19.